The Morgan fingerprint density at radius 2 is 1.92 bits per heavy atom. The maximum atomic E-state index is 12.8. The van der Waals surface area contributed by atoms with Crippen molar-refractivity contribution in [3.8, 4) is 0 Å². The third-order valence-electron chi connectivity index (χ3n) is 7.02. The molecule has 2 aliphatic rings. The number of amides is 1. The van der Waals surface area contributed by atoms with Crippen LogP contribution in [0.2, 0.25) is 5.15 Å². The highest BCUT2D eigenvalue weighted by Gasteiger charge is 2.48. The molecule has 1 aliphatic heterocycles. The van der Waals surface area contributed by atoms with Gasteiger partial charge < -0.3 is 15.0 Å². The standard InChI is InChI=1S/C28H32ClN5O2S/c1-27(2,3)36-26(35)33-25-21-9-5-4-7-19(21)15-28(25)11-13-34(14-12-28)23-16-31-24(17-30-23)37-18-20-8-6-10-22(29)32-20/h4-10,16-17,25H,11-15,18H2,1-3H3,(H,33,35)/t25-/m1/s1. The van der Waals surface area contributed by atoms with E-state index in [0.29, 0.717) is 10.9 Å². The summed E-state index contributed by atoms with van der Waals surface area (Å²) in [6.45, 7) is 7.38. The largest absolute Gasteiger partial charge is 0.444 e. The molecule has 1 aliphatic carbocycles. The van der Waals surface area contributed by atoms with Crippen molar-refractivity contribution in [1.29, 1.82) is 0 Å². The Labute approximate surface area is 227 Å². The normalized spacial score (nSPS) is 18.5. The van der Waals surface area contributed by atoms with E-state index in [4.69, 9.17) is 21.3 Å². The number of hydrogen-bond acceptors (Lipinski definition) is 7. The van der Waals surface area contributed by atoms with E-state index in [1.165, 1.54) is 11.1 Å². The fourth-order valence-corrected chi connectivity index (χ4v) is 6.21. The number of nitrogens with zero attached hydrogens (tertiary/aromatic N) is 4. The van der Waals surface area contributed by atoms with E-state index in [9.17, 15) is 4.79 Å². The van der Waals surface area contributed by atoms with Gasteiger partial charge in [-0.2, -0.15) is 0 Å². The minimum absolute atomic E-state index is 0.0374. The second-order valence-electron chi connectivity index (χ2n) is 10.8. The van der Waals surface area contributed by atoms with Gasteiger partial charge in [0.15, 0.2) is 0 Å². The molecule has 2 aromatic heterocycles. The first kappa shape index (κ1) is 25.8. The molecule has 0 bridgehead atoms. The first-order chi connectivity index (χ1) is 17.7. The van der Waals surface area contributed by atoms with Crippen molar-refractivity contribution in [3.63, 3.8) is 0 Å². The van der Waals surface area contributed by atoms with Crippen molar-refractivity contribution in [2.75, 3.05) is 18.0 Å². The average Bonchev–Trinajstić information content (AvgIpc) is 3.15. The lowest BCUT2D eigenvalue weighted by atomic mass is 9.72. The number of anilines is 1. The average molecular weight is 538 g/mol. The summed E-state index contributed by atoms with van der Waals surface area (Å²) in [4.78, 5) is 28.7. The summed E-state index contributed by atoms with van der Waals surface area (Å²) in [7, 11) is 0. The molecule has 7 nitrogen and oxygen atoms in total. The Morgan fingerprint density at radius 1 is 1.14 bits per heavy atom. The first-order valence-corrected chi connectivity index (χ1v) is 14.0. The summed E-state index contributed by atoms with van der Waals surface area (Å²) in [5.74, 6) is 1.57. The fourth-order valence-electron chi connectivity index (χ4n) is 5.32. The maximum absolute atomic E-state index is 12.8. The summed E-state index contributed by atoms with van der Waals surface area (Å²) in [6, 6.07) is 14.0. The molecule has 1 spiro atoms. The van der Waals surface area contributed by atoms with E-state index in [1.807, 2.05) is 51.4 Å². The molecule has 5 rings (SSSR count). The zero-order valence-corrected chi connectivity index (χ0v) is 23.0. The number of halogens is 1. The SMILES string of the molecule is CC(C)(C)OC(=O)N[C@@H]1c2ccccc2CC12CCN(c1cnc(SCc3cccc(Cl)n3)cn1)CC2. The van der Waals surface area contributed by atoms with E-state index in [-0.39, 0.29) is 17.6 Å². The fraction of sp³-hybridized carbons (Fsp3) is 0.429. The van der Waals surface area contributed by atoms with Crippen LogP contribution in [-0.4, -0.2) is 39.7 Å². The van der Waals surface area contributed by atoms with Crippen molar-refractivity contribution >= 4 is 35.3 Å². The molecule has 1 N–H and O–H groups in total. The number of carbonyl (C=O) groups excluding carboxylic acids is 1. The molecule has 1 fully saturated rings. The molecule has 3 aromatic rings. The first-order valence-electron chi connectivity index (χ1n) is 12.6. The van der Waals surface area contributed by atoms with Crippen molar-refractivity contribution in [3.05, 3.63) is 76.8 Å². The van der Waals surface area contributed by atoms with Crippen LogP contribution in [-0.2, 0) is 16.9 Å². The van der Waals surface area contributed by atoms with Crippen LogP contribution >= 0.6 is 23.4 Å². The van der Waals surface area contributed by atoms with Gasteiger partial charge in [0.05, 0.1) is 24.1 Å². The number of thioether (sulfide) groups is 1. The van der Waals surface area contributed by atoms with E-state index in [0.717, 1.165) is 48.9 Å². The Morgan fingerprint density at radius 3 is 2.62 bits per heavy atom. The third kappa shape index (κ3) is 6.02. The molecule has 9 heteroatoms. The topological polar surface area (TPSA) is 80.2 Å². The quantitative estimate of drug-likeness (QED) is 0.305. The van der Waals surface area contributed by atoms with Gasteiger partial charge in [-0.15, -0.1) is 0 Å². The van der Waals surface area contributed by atoms with E-state index in [1.54, 1.807) is 17.8 Å². The molecular weight excluding hydrogens is 506 g/mol. The maximum Gasteiger partial charge on any atom is 0.408 e. The minimum atomic E-state index is -0.535. The molecule has 0 unspecified atom stereocenters. The van der Waals surface area contributed by atoms with Crippen LogP contribution < -0.4 is 10.2 Å². The van der Waals surface area contributed by atoms with Crippen molar-refractivity contribution < 1.29 is 9.53 Å². The molecule has 1 atom stereocenters. The van der Waals surface area contributed by atoms with Crippen LogP contribution in [0.25, 0.3) is 0 Å². The van der Waals surface area contributed by atoms with Gasteiger partial charge in [0, 0.05) is 24.3 Å². The molecule has 1 aromatic carbocycles. The second kappa shape index (κ2) is 10.5. The number of carbonyl (C=O) groups is 1. The van der Waals surface area contributed by atoms with Gasteiger partial charge in [0.1, 0.15) is 21.6 Å². The highest BCUT2D eigenvalue weighted by atomic mass is 35.5. The highest BCUT2D eigenvalue weighted by molar-refractivity contribution is 7.98. The van der Waals surface area contributed by atoms with Crippen LogP contribution in [0, 0.1) is 5.41 Å². The summed E-state index contributed by atoms with van der Waals surface area (Å²) in [6.07, 6.45) is 6.17. The van der Waals surface area contributed by atoms with Crippen molar-refractivity contribution in [2.24, 2.45) is 5.41 Å². The predicted molar refractivity (Wildman–Crippen MR) is 147 cm³/mol. The number of ether oxygens (including phenoxy) is 1. The number of pyridine rings is 1. The monoisotopic (exact) mass is 537 g/mol. The Bertz CT molecular complexity index is 1260. The van der Waals surface area contributed by atoms with Gasteiger partial charge >= 0.3 is 6.09 Å². The van der Waals surface area contributed by atoms with Gasteiger partial charge in [-0.3, -0.25) is 0 Å². The molecule has 0 saturated carbocycles. The van der Waals surface area contributed by atoms with Crippen molar-refractivity contribution in [1.82, 2.24) is 20.3 Å². The lowest BCUT2D eigenvalue weighted by molar-refractivity contribution is 0.0428. The Balaban J connectivity index is 1.24. The van der Waals surface area contributed by atoms with E-state index in [2.05, 4.69) is 38.4 Å². The molecular formula is C28H32ClN5O2S. The second-order valence-corrected chi connectivity index (χ2v) is 12.1. The van der Waals surface area contributed by atoms with Gasteiger partial charge in [-0.25, -0.2) is 19.7 Å². The Kier molecular flexibility index (Phi) is 7.32. The number of hydrogen-bond donors (Lipinski definition) is 1. The molecule has 3 heterocycles. The number of aromatic nitrogens is 3. The van der Waals surface area contributed by atoms with E-state index >= 15 is 0 Å². The number of rotatable bonds is 5. The van der Waals surface area contributed by atoms with Gasteiger partial charge in [0.2, 0.25) is 0 Å². The van der Waals surface area contributed by atoms with Gasteiger partial charge in [-0.05, 0) is 63.3 Å². The number of piperidine rings is 1. The third-order valence-corrected chi connectivity index (χ3v) is 8.18. The van der Waals surface area contributed by atoms with Crippen LogP contribution in [0.5, 0.6) is 0 Å². The number of nitrogens with one attached hydrogen (secondary N) is 1. The van der Waals surface area contributed by atoms with Crippen molar-refractivity contribution in [2.45, 2.75) is 62.5 Å². The van der Waals surface area contributed by atoms with Gasteiger partial charge in [0.25, 0.3) is 0 Å². The van der Waals surface area contributed by atoms with Gasteiger partial charge in [-0.1, -0.05) is 53.7 Å². The Hall–Kier alpha value is -2.84. The zero-order valence-electron chi connectivity index (χ0n) is 21.4. The molecule has 1 saturated heterocycles. The van der Waals surface area contributed by atoms with Crippen LogP contribution in [0.4, 0.5) is 10.6 Å². The number of benzene rings is 1. The molecule has 1 amide bonds. The summed E-state index contributed by atoms with van der Waals surface area (Å²) >= 11 is 7.57. The number of alkyl carbamates (subject to hydrolysis) is 1. The summed E-state index contributed by atoms with van der Waals surface area (Å²) in [5, 5.41) is 4.57. The minimum Gasteiger partial charge on any atom is -0.444 e. The molecule has 0 radical (unpaired) electrons. The summed E-state index contributed by atoms with van der Waals surface area (Å²) < 4.78 is 5.61. The van der Waals surface area contributed by atoms with Crippen LogP contribution in [0.1, 0.15) is 56.5 Å². The lowest BCUT2D eigenvalue weighted by Gasteiger charge is -2.43. The molecule has 37 heavy (non-hydrogen) atoms. The smallest absolute Gasteiger partial charge is 0.408 e. The zero-order chi connectivity index (χ0) is 26.0. The lowest BCUT2D eigenvalue weighted by Crippen LogP contribution is -2.47. The predicted octanol–water partition coefficient (Wildman–Crippen LogP) is 6.23. The highest BCUT2D eigenvalue weighted by Crippen LogP contribution is 2.52. The molecule has 194 valence electrons. The number of fused-ring (bicyclic) bond motifs is 1. The summed E-state index contributed by atoms with van der Waals surface area (Å²) in [5.41, 5.74) is 2.86. The van der Waals surface area contributed by atoms with E-state index < -0.39 is 5.60 Å². The van der Waals surface area contributed by atoms with Crippen LogP contribution in [0.15, 0.2) is 59.9 Å². The van der Waals surface area contributed by atoms with Crippen LogP contribution in [0.3, 0.4) is 0 Å².